The maximum Gasteiger partial charge on any atom is 0.335 e. The average molecular weight is 462 g/mol. The molecule has 2 aromatic heterocycles. The smallest absolute Gasteiger partial charge is 0.335 e. The Balaban J connectivity index is 2.09. The molecular weight excluding hydrogens is 442 g/mol. The van der Waals surface area contributed by atoms with Crippen LogP contribution in [0.5, 0.6) is 0 Å². The summed E-state index contributed by atoms with van der Waals surface area (Å²) in [6.45, 7) is 2.03. The first-order chi connectivity index (χ1) is 14.8. The minimum Gasteiger partial charge on any atom is -0.478 e. The maximum atomic E-state index is 11.4. The molecule has 0 fully saturated rings. The van der Waals surface area contributed by atoms with E-state index in [4.69, 9.17) is 5.73 Å². The van der Waals surface area contributed by atoms with Gasteiger partial charge >= 0.3 is 11.9 Å². The number of anilines is 1. The van der Waals surface area contributed by atoms with E-state index in [1.54, 1.807) is 0 Å². The molecule has 0 radical (unpaired) electrons. The number of nitrogen functional groups attached to an aromatic ring is 1. The highest BCUT2D eigenvalue weighted by Gasteiger charge is 2.20. The highest BCUT2D eigenvalue weighted by molar-refractivity contribution is 8.00. The van der Waals surface area contributed by atoms with Gasteiger partial charge in [0.1, 0.15) is 0 Å². The van der Waals surface area contributed by atoms with Crippen molar-refractivity contribution in [2.45, 2.75) is 30.5 Å². The van der Waals surface area contributed by atoms with E-state index in [9.17, 15) is 19.8 Å². The van der Waals surface area contributed by atoms with Gasteiger partial charge in [0.15, 0.2) is 15.8 Å². The van der Waals surface area contributed by atoms with Gasteiger partial charge in [0, 0.05) is 0 Å². The third-order valence-electron chi connectivity index (χ3n) is 4.19. The highest BCUT2D eigenvalue weighted by Crippen LogP contribution is 2.34. The summed E-state index contributed by atoms with van der Waals surface area (Å²) in [6.07, 6.45) is 4.18. The summed E-state index contributed by atoms with van der Waals surface area (Å²) in [4.78, 5) is 22.9. The lowest BCUT2D eigenvalue weighted by atomic mass is 10.1. The van der Waals surface area contributed by atoms with Gasteiger partial charge in [0.25, 0.3) is 5.13 Å². The van der Waals surface area contributed by atoms with Crippen LogP contribution < -0.4 is 5.73 Å². The average Bonchev–Trinajstić information content (AvgIpc) is 3.34. The number of carboxylic acid groups (broad SMARTS) is 2. The predicted octanol–water partition coefficient (Wildman–Crippen LogP) is 4.18. The second-order valence-corrected chi connectivity index (χ2v) is 8.34. The van der Waals surface area contributed by atoms with E-state index >= 15 is 0 Å². The minimum absolute atomic E-state index is 0.114. The Morgan fingerprint density at radius 2 is 1.84 bits per heavy atom. The highest BCUT2D eigenvalue weighted by atomic mass is 32.2. The molecule has 0 aliphatic carbocycles. The third kappa shape index (κ3) is 5.06. The molecule has 0 saturated carbocycles. The molecule has 0 amide bonds. The normalized spacial score (nSPS) is 11.3. The van der Waals surface area contributed by atoms with Crippen LogP contribution in [0.2, 0.25) is 0 Å². The number of aryl methyl sites for hydroxylation is 1. The molecule has 0 saturated heterocycles. The fourth-order valence-electron chi connectivity index (χ4n) is 2.69. The molecular formula is C18H19N7O4S2. The summed E-state index contributed by atoms with van der Waals surface area (Å²) in [6, 6.07) is 3.68. The van der Waals surface area contributed by atoms with Crippen LogP contribution in [0.15, 0.2) is 32.8 Å². The van der Waals surface area contributed by atoms with Gasteiger partial charge in [-0.15, -0.1) is 20.4 Å². The lowest BCUT2D eigenvalue weighted by molar-refractivity contribution is 0.0696. The molecule has 0 bridgehead atoms. The lowest BCUT2D eigenvalue weighted by Crippen LogP contribution is -2.08. The first-order valence-corrected chi connectivity index (χ1v) is 11.2. The second kappa shape index (κ2) is 9.66. The van der Waals surface area contributed by atoms with Gasteiger partial charge in [0.05, 0.1) is 22.5 Å². The zero-order chi connectivity index (χ0) is 22.5. The van der Waals surface area contributed by atoms with Gasteiger partial charge < -0.3 is 15.9 Å². The third-order valence-corrected chi connectivity index (χ3v) is 5.98. The number of hydrogen-bond donors (Lipinski definition) is 3. The number of azo groups is 1. The Hall–Kier alpha value is -3.32. The van der Waals surface area contributed by atoms with Crippen LogP contribution in [0.25, 0.3) is 5.69 Å². The van der Waals surface area contributed by atoms with Crippen LogP contribution in [0.3, 0.4) is 0 Å². The Labute approximate surface area is 185 Å². The van der Waals surface area contributed by atoms with Crippen molar-refractivity contribution in [3.63, 3.8) is 0 Å². The van der Waals surface area contributed by atoms with Crippen molar-refractivity contribution >= 4 is 51.7 Å². The monoisotopic (exact) mass is 461 g/mol. The SMILES string of the molecule is CCCCc1nn(-c2cc(C(=O)O)cc(C(=O)O)c2)c(N)c1N=Nc1nnc(SC)s1. The second-order valence-electron chi connectivity index (χ2n) is 6.33. The largest absolute Gasteiger partial charge is 0.478 e. The molecule has 0 aliphatic rings. The molecule has 162 valence electrons. The van der Waals surface area contributed by atoms with E-state index in [-0.39, 0.29) is 22.6 Å². The summed E-state index contributed by atoms with van der Waals surface area (Å²) < 4.78 is 2.03. The van der Waals surface area contributed by atoms with Gasteiger partial charge in [-0.05, 0) is 37.3 Å². The van der Waals surface area contributed by atoms with Gasteiger partial charge in [-0.3, -0.25) is 0 Å². The number of hydrogen-bond acceptors (Lipinski definition) is 10. The summed E-state index contributed by atoms with van der Waals surface area (Å²) in [5.74, 6) is -2.41. The zero-order valence-electron chi connectivity index (χ0n) is 16.6. The first-order valence-electron chi connectivity index (χ1n) is 9.12. The summed E-state index contributed by atoms with van der Waals surface area (Å²) in [5.41, 5.74) is 6.98. The summed E-state index contributed by atoms with van der Waals surface area (Å²) >= 11 is 2.72. The molecule has 0 aliphatic heterocycles. The van der Waals surface area contributed by atoms with Crippen LogP contribution in [-0.2, 0) is 6.42 Å². The maximum absolute atomic E-state index is 11.4. The van der Waals surface area contributed by atoms with Crippen LogP contribution in [0, 0.1) is 0 Å². The molecule has 0 atom stereocenters. The van der Waals surface area contributed by atoms with Gasteiger partial charge in [-0.1, -0.05) is 36.4 Å². The Morgan fingerprint density at radius 3 is 2.39 bits per heavy atom. The summed E-state index contributed by atoms with van der Waals surface area (Å²) in [7, 11) is 0. The number of carboxylic acids is 2. The number of carbonyl (C=O) groups is 2. The van der Waals surface area contributed by atoms with Crippen molar-refractivity contribution in [3.8, 4) is 5.69 Å². The Kier molecular flexibility index (Phi) is 6.97. The van der Waals surface area contributed by atoms with E-state index < -0.39 is 11.9 Å². The molecule has 31 heavy (non-hydrogen) atoms. The number of aromatic nitrogens is 4. The molecule has 3 aromatic rings. The Morgan fingerprint density at radius 1 is 1.16 bits per heavy atom. The molecule has 0 spiro atoms. The standard InChI is InChI=1S/C18H19N7O4S2/c1-3-4-5-12-13(20-21-17-22-23-18(30-2)31-17)14(19)25(24-12)11-7-9(15(26)27)6-10(8-11)16(28)29/h6-8H,3-5,19H2,1-2H3,(H,26,27)(H,28,29). The molecule has 13 heteroatoms. The van der Waals surface area contributed by atoms with Crippen molar-refractivity contribution in [3.05, 3.63) is 35.0 Å². The number of rotatable bonds is 9. The topological polar surface area (TPSA) is 169 Å². The quantitative estimate of drug-likeness (QED) is 0.312. The number of unbranched alkanes of at least 4 members (excludes halogenated alkanes) is 1. The number of benzene rings is 1. The van der Waals surface area contributed by atoms with Crippen molar-refractivity contribution in [1.82, 2.24) is 20.0 Å². The Bertz CT molecular complexity index is 1120. The molecule has 0 unspecified atom stereocenters. The fraction of sp³-hybridized carbons (Fsp3) is 0.278. The number of thioether (sulfide) groups is 1. The number of aromatic carboxylic acids is 2. The van der Waals surface area contributed by atoms with Crippen molar-refractivity contribution in [1.29, 1.82) is 0 Å². The lowest BCUT2D eigenvalue weighted by Gasteiger charge is -2.07. The van der Waals surface area contributed by atoms with E-state index in [1.165, 1.54) is 39.9 Å². The van der Waals surface area contributed by atoms with E-state index in [0.29, 0.717) is 22.9 Å². The van der Waals surface area contributed by atoms with E-state index in [1.807, 2.05) is 13.2 Å². The molecule has 1 aromatic carbocycles. The molecule has 2 heterocycles. The predicted molar refractivity (Wildman–Crippen MR) is 116 cm³/mol. The van der Waals surface area contributed by atoms with Crippen LogP contribution >= 0.6 is 23.1 Å². The van der Waals surface area contributed by atoms with Crippen LogP contribution in [0.4, 0.5) is 16.6 Å². The van der Waals surface area contributed by atoms with Gasteiger partial charge in [0.2, 0.25) is 0 Å². The summed E-state index contributed by atoms with van der Waals surface area (Å²) in [5, 5.41) is 39.7. The zero-order valence-corrected chi connectivity index (χ0v) is 18.3. The van der Waals surface area contributed by atoms with Gasteiger partial charge in [-0.25, -0.2) is 14.3 Å². The minimum atomic E-state index is -1.26. The number of nitrogens with zero attached hydrogens (tertiary/aromatic N) is 6. The van der Waals surface area contributed by atoms with E-state index in [2.05, 4.69) is 25.5 Å². The molecule has 11 nitrogen and oxygen atoms in total. The van der Waals surface area contributed by atoms with Crippen LogP contribution in [-0.4, -0.2) is 48.4 Å². The van der Waals surface area contributed by atoms with Gasteiger partial charge in [-0.2, -0.15) is 5.10 Å². The molecule has 3 rings (SSSR count). The first kappa shape index (κ1) is 22.4. The number of nitrogens with two attached hydrogens (primary N) is 1. The van der Waals surface area contributed by atoms with Crippen molar-refractivity contribution in [2.24, 2.45) is 10.2 Å². The van der Waals surface area contributed by atoms with E-state index in [0.717, 1.165) is 23.2 Å². The van der Waals surface area contributed by atoms with Crippen molar-refractivity contribution in [2.75, 3.05) is 12.0 Å². The molecule has 4 N–H and O–H groups in total. The van der Waals surface area contributed by atoms with Crippen LogP contribution in [0.1, 0.15) is 46.2 Å². The van der Waals surface area contributed by atoms with Crippen molar-refractivity contribution < 1.29 is 19.8 Å². The fourth-order valence-corrected chi connectivity index (χ4v) is 3.77.